The fourth-order valence-electron chi connectivity index (χ4n) is 2.22. The van der Waals surface area contributed by atoms with Crippen molar-refractivity contribution < 1.29 is 9.94 Å². The average Bonchev–Trinajstić information content (AvgIpc) is 2.97. The van der Waals surface area contributed by atoms with E-state index in [0.29, 0.717) is 12.2 Å². The molecule has 0 unspecified atom stereocenters. The van der Waals surface area contributed by atoms with Crippen molar-refractivity contribution in [1.29, 1.82) is 0 Å². The summed E-state index contributed by atoms with van der Waals surface area (Å²) in [7, 11) is 0. The smallest absolute Gasteiger partial charge is 0.170 e. The summed E-state index contributed by atoms with van der Waals surface area (Å²) in [4.78, 5) is 4.00. The highest BCUT2D eigenvalue weighted by Gasteiger charge is 2.09. The van der Waals surface area contributed by atoms with Gasteiger partial charge in [-0.1, -0.05) is 5.16 Å². The molecule has 0 saturated heterocycles. The van der Waals surface area contributed by atoms with Gasteiger partial charge in [0.1, 0.15) is 5.75 Å². The van der Waals surface area contributed by atoms with Gasteiger partial charge in [0.25, 0.3) is 0 Å². The molecule has 0 bridgehead atoms. The Morgan fingerprint density at radius 1 is 1.38 bits per heavy atom. The van der Waals surface area contributed by atoms with E-state index in [1.807, 2.05) is 36.7 Å². The minimum Gasteiger partial charge on any atom is -0.493 e. The molecule has 1 heterocycles. The molecular weight excluding hydrogens is 268 g/mol. The normalized spacial score (nSPS) is 11.6. The molecule has 0 atom stereocenters. The van der Waals surface area contributed by atoms with E-state index in [1.165, 1.54) is 0 Å². The van der Waals surface area contributed by atoms with Crippen LogP contribution < -0.4 is 10.5 Å². The lowest BCUT2D eigenvalue weighted by atomic mass is 10.1. The van der Waals surface area contributed by atoms with Gasteiger partial charge < -0.3 is 20.2 Å². The Hall–Kier alpha value is -2.50. The lowest BCUT2D eigenvalue weighted by Crippen LogP contribution is -2.14. The highest BCUT2D eigenvalue weighted by molar-refractivity contribution is 5.97. The van der Waals surface area contributed by atoms with Crippen LogP contribution >= 0.6 is 0 Å². The van der Waals surface area contributed by atoms with Crippen LogP contribution in [0.1, 0.15) is 23.1 Å². The SMILES string of the molecule is Cc1cc(C(N)=NO)cc(C)c1OCCCn1ccnc1. The van der Waals surface area contributed by atoms with Crippen molar-refractivity contribution in [2.75, 3.05) is 6.61 Å². The first-order chi connectivity index (χ1) is 10.1. The van der Waals surface area contributed by atoms with Crippen molar-refractivity contribution in [3.8, 4) is 5.75 Å². The largest absolute Gasteiger partial charge is 0.493 e. The number of nitrogens with zero attached hydrogens (tertiary/aromatic N) is 3. The van der Waals surface area contributed by atoms with Crippen LogP contribution in [-0.4, -0.2) is 27.2 Å². The first-order valence-corrected chi connectivity index (χ1v) is 6.79. The maximum absolute atomic E-state index is 8.73. The van der Waals surface area contributed by atoms with Crippen molar-refractivity contribution >= 4 is 5.84 Å². The molecule has 112 valence electrons. The summed E-state index contributed by atoms with van der Waals surface area (Å²) in [5.41, 5.74) is 8.24. The molecule has 2 aromatic rings. The maximum Gasteiger partial charge on any atom is 0.170 e. The average molecular weight is 288 g/mol. The number of oxime groups is 1. The van der Waals surface area contributed by atoms with Crippen LogP contribution in [0.5, 0.6) is 5.75 Å². The zero-order valence-corrected chi connectivity index (χ0v) is 12.3. The summed E-state index contributed by atoms with van der Waals surface area (Å²) in [6.45, 7) is 5.40. The number of aryl methyl sites for hydroxylation is 3. The van der Waals surface area contributed by atoms with Gasteiger partial charge >= 0.3 is 0 Å². The van der Waals surface area contributed by atoms with Crippen LogP contribution in [0.15, 0.2) is 36.0 Å². The monoisotopic (exact) mass is 288 g/mol. The summed E-state index contributed by atoms with van der Waals surface area (Å²) < 4.78 is 7.88. The van der Waals surface area contributed by atoms with E-state index >= 15 is 0 Å². The third-order valence-electron chi connectivity index (χ3n) is 3.23. The quantitative estimate of drug-likeness (QED) is 0.280. The first-order valence-electron chi connectivity index (χ1n) is 6.79. The lowest BCUT2D eigenvalue weighted by Gasteiger charge is -2.14. The molecule has 0 aliphatic carbocycles. The van der Waals surface area contributed by atoms with Crippen molar-refractivity contribution in [2.24, 2.45) is 10.9 Å². The Kier molecular flexibility index (Phi) is 4.81. The lowest BCUT2D eigenvalue weighted by molar-refractivity contribution is 0.298. The summed E-state index contributed by atoms with van der Waals surface area (Å²) in [6, 6.07) is 3.71. The summed E-state index contributed by atoms with van der Waals surface area (Å²) in [5.74, 6) is 0.961. The molecule has 0 radical (unpaired) electrons. The molecule has 1 aromatic carbocycles. The second kappa shape index (κ2) is 6.78. The fraction of sp³-hybridized carbons (Fsp3) is 0.333. The first kappa shape index (κ1) is 14.9. The molecule has 2 rings (SSSR count). The van der Waals surface area contributed by atoms with Crippen LogP contribution in [0.3, 0.4) is 0 Å². The van der Waals surface area contributed by atoms with Gasteiger partial charge in [-0.05, 0) is 43.5 Å². The van der Waals surface area contributed by atoms with Crippen LogP contribution in [0.4, 0.5) is 0 Å². The van der Waals surface area contributed by atoms with Crippen LogP contribution in [0.25, 0.3) is 0 Å². The van der Waals surface area contributed by atoms with Crippen molar-refractivity contribution in [3.05, 3.63) is 47.5 Å². The van der Waals surface area contributed by atoms with Gasteiger partial charge in [0.2, 0.25) is 0 Å². The van der Waals surface area contributed by atoms with E-state index in [-0.39, 0.29) is 5.84 Å². The Labute approximate surface area is 123 Å². The molecule has 0 fully saturated rings. The highest BCUT2D eigenvalue weighted by atomic mass is 16.5. The van der Waals surface area contributed by atoms with Crippen molar-refractivity contribution in [2.45, 2.75) is 26.8 Å². The molecule has 1 aromatic heterocycles. The number of benzene rings is 1. The number of imidazole rings is 1. The second-order valence-electron chi connectivity index (χ2n) is 4.93. The second-order valence-corrected chi connectivity index (χ2v) is 4.93. The third-order valence-corrected chi connectivity index (χ3v) is 3.23. The van der Waals surface area contributed by atoms with Gasteiger partial charge in [-0.3, -0.25) is 0 Å². The highest BCUT2D eigenvalue weighted by Crippen LogP contribution is 2.25. The van der Waals surface area contributed by atoms with Gasteiger partial charge in [0.05, 0.1) is 12.9 Å². The topological polar surface area (TPSA) is 85.7 Å². The van der Waals surface area contributed by atoms with Gasteiger partial charge in [-0.2, -0.15) is 0 Å². The fourth-order valence-corrected chi connectivity index (χ4v) is 2.22. The zero-order chi connectivity index (χ0) is 15.2. The van der Waals surface area contributed by atoms with E-state index < -0.39 is 0 Å². The predicted octanol–water partition coefficient (Wildman–Crippen LogP) is 2.06. The predicted molar refractivity (Wildman–Crippen MR) is 80.8 cm³/mol. The molecule has 6 heteroatoms. The van der Waals surface area contributed by atoms with Crippen LogP contribution in [0, 0.1) is 13.8 Å². The van der Waals surface area contributed by atoms with E-state index in [0.717, 1.165) is 29.8 Å². The number of hydrogen-bond donors (Lipinski definition) is 2. The summed E-state index contributed by atoms with van der Waals surface area (Å²) in [6.07, 6.45) is 6.39. The van der Waals surface area contributed by atoms with Gasteiger partial charge in [-0.15, -0.1) is 0 Å². The minimum absolute atomic E-state index is 0.104. The van der Waals surface area contributed by atoms with Gasteiger partial charge in [0, 0.05) is 24.5 Å². The number of ether oxygens (including phenoxy) is 1. The van der Waals surface area contributed by atoms with Crippen LogP contribution in [0.2, 0.25) is 0 Å². The van der Waals surface area contributed by atoms with Gasteiger partial charge in [-0.25, -0.2) is 4.98 Å². The molecule has 3 N–H and O–H groups in total. The van der Waals surface area contributed by atoms with Crippen molar-refractivity contribution in [1.82, 2.24) is 9.55 Å². The minimum atomic E-state index is 0.104. The van der Waals surface area contributed by atoms with E-state index in [4.69, 9.17) is 15.7 Å². The number of nitrogens with two attached hydrogens (primary N) is 1. The third kappa shape index (κ3) is 3.75. The number of hydrogen-bond acceptors (Lipinski definition) is 4. The molecule has 6 nitrogen and oxygen atoms in total. The van der Waals surface area contributed by atoms with Crippen LogP contribution in [-0.2, 0) is 6.54 Å². The summed E-state index contributed by atoms with van der Waals surface area (Å²) in [5, 5.41) is 11.7. The van der Waals surface area contributed by atoms with E-state index in [2.05, 4.69) is 10.1 Å². The Balaban J connectivity index is 1.97. The van der Waals surface area contributed by atoms with Gasteiger partial charge in [0.15, 0.2) is 5.84 Å². The zero-order valence-electron chi connectivity index (χ0n) is 12.3. The molecule has 0 saturated carbocycles. The number of amidine groups is 1. The molecule has 0 spiro atoms. The molecule has 0 aliphatic rings. The Morgan fingerprint density at radius 3 is 2.67 bits per heavy atom. The number of aromatic nitrogens is 2. The number of rotatable bonds is 6. The molecular formula is C15H20N4O2. The summed E-state index contributed by atoms with van der Waals surface area (Å²) >= 11 is 0. The Bertz CT molecular complexity index is 598. The molecule has 21 heavy (non-hydrogen) atoms. The Morgan fingerprint density at radius 2 is 2.10 bits per heavy atom. The van der Waals surface area contributed by atoms with E-state index in [9.17, 15) is 0 Å². The molecule has 0 amide bonds. The van der Waals surface area contributed by atoms with Crippen molar-refractivity contribution in [3.63, 3.8) is 0 Å². The maximum atomic E-state index is 8.73. The standard InChI is InChI=1S/C15H20N4O2/c1-11-8-13(15(16)18-20)9-12(2)14(11)21-7-3-5-19-6-4-17-10-19/h4,6,8-10,20H,3,5,7H2,1-2H3,(H2,16,18). The van der Waals surface area contributed by atoms with E-state index in [1.54, 1.807) is 12.5 Å². The molecule has 0 aliphatic heterocycles.